The molecule has 4 aliphatic rings. The smallest absolute Gasteiger partial charge is 0.139 e. The first kappa shape index (κ1) is 17.0. The van der Waals surface area contributed by atoms with Gasteiger partial charge in [0.05, 0.1) is 19.3 Å². The number of aliphatic hydroxyl groups excluding tert-OH is 1. The third-order valence-corrected chi connectivity index (χ3v) is 8.72. The molecule has 3 nitrogen and oxygen atoms in total. The van der Waals surface area contributed by atoms with Gasteiger partial charge in [-0.3, -0.25) is 4.79 Å². The zero-order valence-electron chi connectivity index (χ0n) is 15.4. The fourth-order valence-electron chi connectivity index (χ4n) is 7.44. The van der Waals surface area contributed by atoms with E-state index in [4.69, 9.17) is 9.84 Å². The molecule has 4 saturated carbocycles. The van der Waals surface area contributed by atoms with E-state index >= 15 is 0 Å². The van der Waals surface area contributed by atoms with E-state index in [2.05, 4.69) is 13.8 Å². The number of fused-ring (bicyclic) bond motifs is 5. The predicted molar refractivity (Wildman–Crippen MR) is 93.6 cm³/mol. The first-order valence-electron chi connectivity index (χ1n) is 10.2. The summed E-state index contributed by atoms with van der Waals surface area (Å²) in [7, 11) is 0. The standard InChI is InChI=1S/C21H34O3/c1-20-10-9-18-16(17(20)7-8-19(20)23)6-4-14-3-5-15(24-12-11-22)13-21(14,18)2/h14-18,22H,3-13H2,1-2H3/t14-,15-,16+,17+,18+,20+,21+/m1/s1. The molecule has 4 aliphatic carbocycles. The van der Waals surface area contributed by atoms with Gasteiger partial charge in [0, 0.05) is 11.8 Å². The summed E-state index contributed by atoms with van der Waals surface area (Å²) in [6.45, 7) is 5.41. The minimum Gasteiger partial charge on any atom is -0.394 e. The number of ether oxygens (including phenoxy) is 1. The highest BCUT2D eigenvalue weighted by Gasteiger charge is 2.60. The lowest BCUT2D eigenvalue weighted by atomic mass is 9.45. The van der Waals surface area contributed by atoms with E-state index in [0.717, 1.165) is 49.9 Å². The van der Waals surface area contributed by atoms with Gasteiger partial charge in [-0.05, 0) is 80.5 Å². The van der Waals surface area contributed by atoms with Crippen molar-refractivity contribution in [2.75, 3.05) is 13.2 Å². The molecule has 0 bridgehead atoms. The molecule has 4 fully saturated rings. The molecule has 4 rings (SSSR count). The maximum Gasteiger partial charge on any atom is 0.139 e. The number of carbonyl (C=O) groups excluding carboxylic acids is 1. The Labute approximate surface area is 146 Å². The van der Waals surface area contributed by atoms with Crippen LogP contribution in [0.25, 0.3) is 0 Å². The lowest BCUT2D eigenvalue weighted by Gasteiger charge is -2.60. The molecule has 0 amide bonds. The Morgan fingerprint density at radius 1 is 1.08 bits per heavy atom. The van der Waals surface area contributed by atoms with Crippen molar-refractivity contribution in [3.63, 3.8) is 0 Å². The molecule has 0 radical (unpaired) electrons. The number of rotatable bonds is 3. The number of aliphatic hydroxyl groups is 1. The molecular weight excluding hydrogens is 300 g/mol. The average Bonchev–Trinajstić information content (AvgIpc) is 2.87. The highest BCUT2D eigenvalue weighted by Crippen LogP contribution is 2.65. The van der Waals surface area contributed by atoms with Crippen LogP contribution >= 0.6 is 0 Å². The first-order chi connectivity index (χ1) is 11.5. The fourth-order valence-corrected chi connectivity index (χ4v) is 7.44. The van der Waals surface area contributed by atoms with Crippen LogP contribution in [0.4, 0.5) is 0 Å². The van der Waals surface area contributed by atoms with E-state index in [1.807, 2.05) is 0 Å². The summed E-state index contributed by atoms with van der Waals surface area (Å²) in [6.07, 6.45) is 11.0. The maximum absolute atomic E-state index is 12.5. The van der Waals surface area contributed by atoms with E-state index in [-0.39, 0.29) is 12.0 Å². The Hall–Kier alpha value is -0.410. The summed E-state index contributed by atoms with van der Waals surface area (Å²) in [5.74, 6) is 3.56. The molecule has 136 valence electrons. The zero-order chi connectivity index (χ0) is 16.9. The van der Waals surface area contributed by atoms with Crippen molar-refractivity contribution in [1.82, 2.24) is 0 Å². The first-order valence-corrected chi connectivity index (χ1v) is 10.2. The molecule has 0 unspecified atom stereocenters. The second-order valence-electron chi connectivity index (χ2n) is 9.57. The molecular formula is C21H34O3. The van der Waals surface area contributed by atoms with Gasteiger partial charge in [-0.25, -0.2) is 0 Å². The van der Waals surface area contributed by atoms with Crippen LogP contribution in [0.15, 0.2) is 0 Å². The van der Waals surface area contributed by atoms with Crippen LogP contribution in [0.3, 0.4) is 0 Å². The van der Waals surface area contributed by atoms with Gasteiger partial charge in [-0.2, -0.15) is 0 Å². The van der Waals surface area contributed by atoms with Crippen molar-refractivity contribution in [2.24, 2.45) is 34.5 Å². The fraction of sp³-hybridized carbons (Fsp3) is 0.952. The molecule has 0 aliphatic heterocycles. The Bertz CT molecular complexity index is 503. The number of hydrogen-bond donors (Lipinski definition) is 1. The van der Waals surface area contributed by atoms with Gasteiger partial charge in [-0.1, -0.05) is 13.8 Å². The lowest BCUT2D eigenvalue weighted by Crippen LogP contribution is -2.54. The SMILES string of the molecule is C[C@]12C[C@H](OCCO)CC[C@@H]1CC[C@@H]1[C@@H]2CC[C@]2(C)C(=O)CC[C@@H]12. The van der Waals surface area contributed by atoms with Crippen LogP contribution in [0, 0.1) is 34.5 Å². The van der Waals surface area contributed by atoms with Gasteiger partial charge in [0.15, 0.2) is 0 Å². The average molecular weight is 335 g/mol. The van der Waals surface area contributed by atoms with E-state index in [1.165, 1.54) is 25.7 Å². The Balaban J connectivity index is 1.56. The summed E-state index contributed by atoms with van der Waals surface area (Å²) >= 11 is 0. The molecule has 7 atom stereocenters. The maximum atomic E-state index is 12.5. The van der Waals surface area contributed by atoms with Gasteiger partial charge in [-0.15, -0.1) is 0 Å². The van der Waals surface area contributed by atoms with Gasteiger partial charge in [0.1, 0.15) is 5.78 Å². The van der Waals surface area contributed by atoms with Gasteiger partial charge in [0.2, 0.25) is 0 Å². The molecule has 0 aromatic heterocycles. The van der Waals surface area contributed by atoms with Crippen LogP contribution in [-0.4, -0.2) is 30.2 Å². The van der Waals surface area contributed by atoms with Gasteiger partial charge < -0.3 is 9.84 Å². The van der Waals surface area contributed by atoms with Gasteiger partial charge >= 0.3 is 0 Å². The van der Waals surface area contributed by atoms with Crippen LogP contribution in [-0.2, 0) is 9.53 Å². The topological polar surface area (TPSA) is 46.5 Å². The molecule has 3 heteroatoms. The Kier molecular flexibility index (Phi) is 4.32. The zero-order valence-corrected chi connectivity index (χ0v) is 15.4. The summed E-state index contributed by atoms with van der Waals surface area (Å²) in [4.78, 5) is 12.5. The number of carbonyl (C=O) groups is 1. The van der Waals surface area contributed by atoms with E-state index in [1.54, 1.807) is 0 Å². The summed E-state index contributed by atoms with van der Waals surface area (Å²) < 4.78 is 5.95. The Morgan fingerprint density at radius 3 is 2.67 bits per heavy atom. The largest absolute Gasteiger partial charge is 0.394 e. The van der Waals surface area contributed by atoms with Crippen molar-refractivity contribution >= 4 is 5.78 Å². The van der Waals surface area contributed by atoms with E-state index < -0.39 is 0 Å². The quantitative estimate of drug-likeness (QED) is 0.849. The minimum atomic E-state index is -0.00812. The third kappa shape index (κ3) is 2.41. The molecule has 0 aromatic rings. The Morgan fingerprint density at radius 2 is 1.88 bits per heavy atom. The van der Waals surface area contributed by atoms with E-state index in [0.29, 0.717) is 29.8 Å². The van der Waals surface area contributed by atoms with E-state index in [9.17, 15) is 4.79 Å². The highest BCUT2D eigenvalue weighted by atomic mass is 16.5. The van der Waals surface area contributed by atoms with Gasteiger partial charge in [0.25, 0.3) is 0 Å². The number of hydrogen-bond acceptors (Lipinski definition) is 3. The second-order valence-corrected chi connectivity index (χ2v) is 9.57. The monoisotopic (exact) mass is 334 g/mol. The third-order valence-electron chi connectivity index (χ3n) is 8.72. The van der Waals surface area contributed by atoms with Crippen molar-refractivity contribution in [2.45, 2.75) is 77.7 Å². The molecule has 0 aromatic carbocycles. The van der Waals surface area contributed by atoms with Crippen molar-refractivity contribution in [1.29, 1.82) is 0 Å². The van der Waals surface area contributed by atoms with Crippen molar-refractivity contribution < 1.29 is 14.6 Å². The molecule has 0 heterocycles. The van der Waals surface area contributed by atoms with Crippen LogP contribution in [0.2, 0.25) is 0 Å². The number of Topliss-reactive ketones (excluding diaryl/α,β-unsaturated/α-hetero) is 1. The number of ketones is 1. The molecule has 1 N–H and O–H groups in total. The molecule has 24 heavy (non-hydrogen) atoms. The summed E-state index contributed by atoms with van der Waals surface area (Å²) in [6, 6.07) is 0. The highest BCUT2D eigenvalue weighted by molar-refractivity contribution is 5.87. The molecule has 0 saturated heterocycles. The summed E-state index contributed by atoms with van der Waals surface area (Å²) in [5, 5.41) is 9.08. The van der Waals surface area contributed by atoms with Crippen LogP contribution in [0.5, 0.6) is 0 Å². The van der Waals surface area contributed by atoms with Crippen molar-refractivity contribution in [3.05, 3.63) is 0 Å². The summed E-state index contributed by atoms with van der Waals surface area (Å²) in [5.41, 5.74) is 0.375. The van der Waals surface area contributed by atoms with Crippen molar-refractivity contribution in [3.8, 4) is 0 Å². The minimum absolute atomic E-state index is 0.00812. The normalized spacial score (nSPS) is 51.0. The van der Waals surface area contributed by atoms with Crippen LogP contribution in [0.1, 0.15) is 71.6 Å². The second kappa shape index (κ2) is 6.09. The lowest BCUT2D eigenvalue weighted by molar-refractivity contribution is -0.148. The predicted octanol–water partition coefficient (Wildman–Crippen LogP) is 3.98. The van der Waals surface area contributed by atoms with Crippen LogP contribution < -0.4 is 0 Å². The molecule has 0 spiro atoms.